The second-order valence-corrected chi connectivity index (χ2v) is 8.17. The Kier molecular flexibility index (Phi) is 5.89. The second-order valence-electron chi connectivity index (χ2n) is 7.06. The van der Waals surface area contributed by atoms with Crippen molar-refractivity contribution in [1.29, 1.82) is 0 Å². The zero-order valence-electron chi connectivity index (χ0n) is 15.6. The molecule has 5 heteroatoms. The smallest absolute Gasteiger partial charge is 0.317 e. The third-order valence-corrected chi connectivity index (χ3v) is 5.95. The third-order valence-electron chi connectivity index (χ3n) is 4.88. The Balaban J connectivity index is 1.81. The third kappa shape index (κ3) is 4.40. The number of carboxylic acids is 1. The number of benzene rings is 2. The molecular formula is C21H26N2O2S. The summed E-state index contributed by atoms with van der Waals surface area (Å²) in [6.45, 7) is 8.09. The number of anilines is 1. The molecule has 1 aliphatic heterocycles. The van der Waals surface area contributed by atoms with Gasteiger partial charge in [-0.3, -0.25) is 9.69 Å². The predicted molar refractivity (Wildman–Crippen MR) is 107 cm³/mol. The fourth-order valence-corrected chi connectivity index (χ4v) is 4.40. The summed E-state index contributed by atoms with van der Waals surface area (Å²) in [5, 5.41) is 9.12. The van der Waals surface area contributed by atoms with E-state index in [2.05, 4.69) is 79.1 Å². The van der Waals surface area contributed by atoms with E-state index in [1.807, 2.05) is 0 Å². The summed E-state index contributed by atoms with van der Waals surface area (Å²) >= 11 is 1.78. The Bertz CT molecular complexity index is 763. The highest BCUT2D eigenvalue weighted by atomic mass is 32.2. The van der Waals surface area contributed by atoms with Gasteiger partial charge in [-0.25, -0.2) is 0 Å². The SMILES string of the molecule is Cc1ccc(Sc2ccccc2N2C[C@H](C)N(CC(=O)O)C[C@@H]2C)cc1. The van der Waals surface area contributed by atoms with Gasteiger partial charge in [-0.15, -0.1) is 0 Å². The van der Waals surface area contributed by atoms with Gasteiger partial charge in [0.05, 0.1) is 12.2 Å². The van der Waals surface area contributed by atoms with Crippen LogP contribution in [0.4, 0.5) is 5.69 Å². The van der Waals surface area contributed by atoms with Crippen molar-refractivity contribution in [2.75, 3.05) is 24.5 Å². The van der Waals surface area contributed by atoms with Crippen LogP contribution in [0.2, 0.25) is 0 Å². The van der Waals surface area contributed by atoms with Gasteiger partial charge in [-0.1, -0.05) is 41.6 Å². The zero-order valence-corrected chi connectivity index (χ0v) is 16.4. The average molecular weight is 371 g/mol. The number of hydrogen-bond donors (Lipinski definition) is 1. The molecule has 1 heterocycles. The highest BCUT2D eigenvalue weighted by Gasteiger charge is 2.31. The topological polar surface area (TPSA) is 43.8 Å². The first-order chi connectivity index (χ1) is 12.4. The van der Waals surface area contributed by atoms with Crippen LogP contribution in [0.25, 0.3) is 0 Å². The molecule has 138 valence electrons. The molecule has 2 atom stereocenters. The fourth-order valence-electron chi connectivity index (χ4n) is 3.44. The van der Waals surface area contributed by atoms with Crippen LogP contribution in [0.1, 0.15) is 19.4 Å². The van der Waals surface area contributed by atoms with E-state index < -0.39 is 5.97 Å². The van der Waals surface area contributed by atoms with E-state index in [0.29, 0.717) is 0 Å². The lowest BCUT2D eigenvalue weighted by Gasteiger charge is -2.45. The summed E-state index contributed by atoms with van der Waals surface area (Å²) in [5.41, 5.74) is 2.49. The maximum Gasteiger partial charge on any atom is 0.317 e. The molecule has 0 aliphatic carbocycles. The molecule has 1 fully saturated rings. The molecule has 0 spiro atoms. The number of aliphatic carboxylic acids is 1. The molecule has 3 rings (SSSR count). The van der Waals surface area contributed by atoms with Crippen molar-refractivity contribution >= 4 is 23.4 Å². The minimum absolute atomic E-state index is 0.110. The quantitative estimate of drug-likeness (QED) is 0.857. The van der Waals surface area contributed by atoms with E-state index in [9.17, 15) is 4.79 Å². The standard InChI is InChI=1S/C21H26N2O2S/c1-15-8-10-18(11-9-15)26-20-7-5-4-6-19(20)23-13-16(2)22(12-17(23)3)14-21(24)25/h4-11,16-17H,12-14H2,1-3H3,(H,24,25)/t16-,17-/m0/s1. The molecular weight excluding hydrogens is 344 g/mol. The first-order valence-corrected chi connectivity index (χ1v) is 9.81. The lowest BCUT2D eigenvalue weighted by Crippen LogP contribution is -2.57. The number of piperazine rings is 1. The Morgan fingerprint density at radius 1 is 1.08 bits per heavy atom. The van der Waals surface area contributed by atoms with Crippen molar-refractivity contribution in [2.45, 2.75) is 42.6 Å². The van der Waals surface area contributed by atoms with E-state index >= 15 is 0 Å². The molecule has 0 bridgehead atoms. The first-order valence-electron chi connectivity index (χ1n) is 9.00. The molecule has 2 aromatic carbocycles. The molecule has 1 aliphatic rings. The van der Waals surface area contributed by atoms with Crippen LogP contribution in [-0.4, -0.2) is 47.7 Å². The van der Waals surface area contributed by atoms with Gasteiger partial charge in [0.2, 0.25) is 0 Å². The summed E-state index contributed by atoms with van der Waals surface area (Å²) in [7, 11) is 0. The zero-order chi connectivity index (χ0) is 18.7. The van der Waals surface area contributed by atoms with E-state index in [1.165, 1.54) is 21.0 Å². The monoisotopic (exact) mass is 370 g/mol. The van der Waals surface area contributed by atoms with E-state index in [-0.39, 0.29) is 18.6 Å². The molecule has 4 nitrogen and oxygen atoms in total. The van der Waals surface area contributed by atoms with Crippen molar-refractivity contribution in [3.63, 3.8) is 0 Å². The largest absolute Gasteiger partial charge is 0.480 e. The number of nitrogens with zero attached hydrogens (tertiary/aromatic N) is 2. The Morgan fingerprint density at radius 2 is 1.77 bits per heavy atom. The summed E-state index contributed by atoms with van der Waals surface area (Å²) in [6, 6.07) is 17.6. The maximum atomic E-state index is 11.1. The number of carbonyl (C=O) groups is 1. The van der Waals surface area contributed by atoms with Crippen molar-refractivity contribution in [1.82, 2.24) is 4.90 Å². The number of aryl methyl sites for hydroxylation is 1. The van der Waals surface area contributed by atoms with Gasteiger partial charge in [0.15, 0.2) is 0 Å². The molecule has 0 unspecified atom stereocenters. The second kappa shape index (κ2) is 8.14. The summed E-state index contributed by atoms with van der Waals surface area (Å²) in [4.78, 5) is 18.0. The van der Waals surface area contributed by atoms with Crippen molar-refractivity contribution < 1.29 is 9.90 Å². The summed E-state index contributed by atoms with van der Waals surface area (Å²) in [6.07, 6.45) is 0. The molecule has 2 aromatic rings. The summed E-state index contributed by atoms with van der Waals surface area (Å²) in [5.74, 6) is -0.757. The highest BCUT2D eigenvalue weighted by molar-refractivity contribution is 7.99. The van der Waals surface area contributed by atoms with Crippen LogP contribution >= 0.6 is 11.8 Å². The van der Waals surface area contributed by atoms with Gasteiger partial charge in [0.1, 0.15) is 0 Å². The van der Waals surface area contributed by atoms with Gasteiger partial charge in [0, 0.05) is 35.0 Å². The van der Waals surface area contributed by atoms with E-state index in [0.717, 1.165) is 13.1 Å². The van der Waals surface area contributed by atoms with Crippen LogP contribution in [-0.2, 0) is 4.79 Å². The molecule has 26 heavy (non-hydrogen) atoms. The number of carboxylic acid groups (broad SMARTS) is 1. The minimum Gasteiger partial charge on any atom is -0.480 e. The Labute approximate surface area is 159 Å². The molecule has 0 saturated carbocycles. The number of rotatable bonds is 5. The Hall–Kier alpha value is -1.98. The lowest BCUT2D eigenvalue weighted by atomic mass is 10.1. The van der Waals surface area contributed by atoms with Gasteiger partial charge in [0.25, 0.3) is 0 Å². The molecule has 1 N–H and O–H groups in total. The van der Waals surface area contributed by atoms with Crippen LogP contribution in [0.15, 0.2) is 58.3 Å². The average Bonchev–Trinajstić information content (AvgIpc) is 2.60. The van der Waals surface area contributed by atoms with Gasteiger partial charge < -0.3 is 10.0 Å². The van der Waals surface area contributed by atoms with Gasteiger partial charge in [-0.05, 0) is 45.0 Å². The van der Waals surface area contributed by atoms with Gasteiger partial charge >= 0.3 is 5.97 Å². The van der Waals surface area contributed by atoms with E-state index in [4.69, 9.17) is 5.11 Å². The van der Waals surface area contributed by atoms with Crippen molar-refractivity contribution in [3.05, 3.63) is 54.1 Å². The number of hydrogen-bond acceptors (Lipinski definition) is 4. The molecule has 0 radical (unpaired) electrons. The molecule has 0 aromatic heterocycles. The predicted octanol–water partition coefficient (Wildman–Crippen LogP) is 4.13. The molecule has 0 amide bonds. The highest BCUT2D eigenvalue weighted by Crippen LogP contribution is 2.37. The van der Waals surface area contributed by atoms with Crippen LogP contribution < -0.4 is 4.90 Å². The van der Waals surface area contributed by atoms with Crippen LogP contribution in [0.5, 0.6) is 0 Å². The van der Waals surface area contributed by atoms with Crippen molar-refractivity contribution in [3.8, 4) is 0 Å². The van der Waals surface area contributed by atoms with Gasteiger partial charge in [-0.2, -0.15) is 0 Å². The number of para-hydroxylation sites is 1. The van der Waals surface area contributed by atoms with Crippen LogP contribution in [0, 0.1) is 6.92 Å². The first kappa shape index (κ1) is 18.8. The van der Waals surface area contributed by atoms with E-state index in [1.54, 1.807) is 11.8 Å². The maximum absolute atomic E-state index is 11.1. The Morgan fingerprint density at radius 3 is 2.46 bits per heavy atom. The fraction of sp³-hybridized carbons (Fsp3) is 0.381. The molecule has 1 saturated heterocycles. The summed E-state index contributed by atoms with van der Waals surface area (Å²) < 4.78 is 0. The van der Waals surface area contributed by atoms with Crippen molar-refractivity contribution in [2.24, 2.45) is 0 Å². The lowest BCUT2D eigenvalue weighted by molar-refractivity contribution is -0.139. The van der Waals surface area contributed by atoms with Crippen LogP contribution in [0.3, 0.4) is 0 Å². The minimum atomic E-state index is -0.757. The normalized spacial score (nSPS) is 21.0.